The molecule has 7 nitrogen and oxygen atoms in total. The highest BCUT2D eigenvalue weighted by molar-refractivity contribution is 5.70. The second-order valence-electron chi connectivity index (χ2n) is 9.11. The molecule has 0 bridgehead atoms. The molecule has 0 aliphatic heterocycles. The molecule has 0 saturated carbocycles. The van der Waals surface area contributed by atoms with Crippen molar-refractivity contribution < 1.29 is 5.11 Å². The Morgan fingerprint density at radius 1 is 0.848 bits per heavy atom. The van der Waals surface area contributed by atoms with Crippen LogP contribution in [-0.4, -0.2) is 29.4 Å². The lowest BCUT2D eigenvalue weighted by atomic mass is 10.0. The number of benzene rings is 2. The number of aromatic nitrogens is 4. The summed E-state index contributed by atoms with van der Waals surface area (Å²) >= 11 is 0. The molecule has 172 valence electrons. The Morgan fingerprint density at radius 3 is 2.06 bits per heavy atom. The van der Waals surface area contributed by atoms with Crippen molar-refractivity contribution in [1.82, 2.24) is 18.7 Å². The van der Waals surface area contributed by atoms with Gasteiger partial charge in [-0.1, -0.05) is 60.7 Å². The Morgan fingerprint density at radius 2 is 1.45 bits per heavy atom. The summed E-state index contributed by atoms with van der Waals surface area (Å²) in [5, 5.41) is 9.98. The van der Waals surface area contributed by atoms with Gasteiger partial charge in [-0.15, -0.1) is 0 Å². The van der Waals surface area contributed by atoms with E-state index in [9.17, 15) is 14.7 Å². The van der Waals surface area contributed by atoms with Crippen molar-refractivity contribution in [2.75, 3.05) is 0 Å². The van der Waals surface area contributed by atoms with Crippen LogP contribution in [0.25, 0.3) is 11.2 Å². The second-order valence-corrected chi connectivity index (χ2v) is 9.11. The monoisotopic (exact) mass is 446 g/mol. The van der Waals surface area contributed by atoms with Crippen molar-refractivity contribution in [2.24, 2.45) is 0 Å². The first kappa shape index (κ1) is 22.7. The minimum atomic E-state index is -0.767. The molecule has 0 spiro atoms. The molecule has 0 amide bonds. The minimum Gasteiger partial charge on any atom is -0.390 e. The predicted molar refractivity (Wildman–Crippen MR) is 129 cm³/mol. The number of nitrogens with zero attached hydrogens (tertiary/aromatic N) is 4. The van der Waals surface area contributed by atoms with Gasteiger partial charge in [-0.3, -0.25) is 13.9 Å². The molecule has 0 aliphatic carbocycles. The first-order valence-electron chi connectivity index (χ1n) is 11.3. The summed E-state index contributed by atoms with van der Waals surface area (Å²) in [6.45, 7) is 4.66. The van der Waals surface area contributed by atoms with Crippen LogP contribution in [0.4, 0.5) is 0 Å². The molecular weight excluding hydrogens is 416 g/mol. The third kappa shape index (κ3) is 5.31. The molecule has 4 rings (SSSR count). The number of fused-ring (bicyclic) bond motifs is 1. The Hall–Kier alpha value is -3.45. The van der Waals surface area contributed by atoms with Crippen molar-refractivity contribution in [1.29, 1.82) is 0 Å². The quantitative estimate of drug-likeness (QED) is 0.400. The van der Waals surface area contributed by atoms with Crippen LogP contribution in [0.2, 0.25) is 0 Å². The van der Waals surface area contributed by atoms with Gasteiger partial charge in [0.1, 0.15) is 0 Å². The molecule has 0 radical (unpaired) electrons. The highest BCUT2D eigenvalue weighted by atomic mass is 16.3. The number of rotatable bonds is 9. The van der Waals surface area contributed by atoms with Crippen LogP contribution in [0.1, 0.15) is 44.2 Å². The average molecular weight is 447 g/mol. The van der Waals surface area contributed by atoms with Crippen LogP contribution < -0.4 is 11.2 Å². The molecule has 7 heteroatoms. The van der Waals surface area contributed by atoms with Crippen LogP contribution in [-0.2, 0) is 19.6 Å². The molecule has 0 unspecified atom stereocenters. The first-order valence-corrected chi connectivity index (χ1v) is 11.3. The molecule has 0 saturated heterocycles. The largest absolute Gasteiger partial charge is 0.390 e. The summed E-state index contributed by atoms with van der Waals surface area (Å²) in [6, 6.07) is 19.6. The molecule has 0 aliphatic rings. The van der Waals surface area contributed by atoms with E-state index in [1.54, 1.807) is 24.7 Å². The van der Waals surface area contributed by atoms with E-state index in [4.69, 9.17) is 0 Å². The van der Waals surface area contributed by atoms with Gasteiger partial charge in [0.15, 0.2) is 11.2 Å². The third-order valence-corrected chi connectivity index (χ3v) is 5.78. The summed E-state index contributed by atoms with van der Waals surface area (Å²) in [4.78, 5) is 31.3. The van der Waals surface area contributed by atoms with E-state index in [1.165, 1.54) is 4.57 Å². The molecule has 33 heavy (non-hydrogen) atoms. The second kappa shape index (κ2) is 9.58. The normalized spacial score (nSPS) is 11.8. The van der Waals surface area contributed by atoms with Crippen LogP contribution in [0.3, 0.4) is 0 Å². The Balaban J connectivity index is 1.77. The molecule has 2 aromatic heterocycles. The Kier molecular flexibility index (Phi) is 6.60. The lowest BCUT2D eigenvalue weighted by Crippen LogP contribution is -2.41. The van der Waals surface area contributed by atoms with E-state index >= 15 is 0 Å². The van der Waals surface area contributed by atoms with Gasteiger partial charge in [0.2, 0.25) is 0 Å². The maximum absolute atomic E-state index is 13.5. The van der Waals surface area contributed by atoms with Crippen LogP contribution in [0.15, 0.2) is 76.6 Å². The van der Waals surface area contributed by atoms with E-state index in [2.05, 4.69) is 4.98 Å². The lowest BCUT2D eigenvalue weighted by molar-refractivity contribution is 0.0678. The zero-order valence-electron chi connectivity index (χ0n) is 19.1. The van der Waals surface area contributed by atoms with Gasteiger partial charge in [-0.2, -0.15) is 0 Å². The SMILES string of the molecule is CC(C)(O)CCCCn1c(=O)c2c(ncn2Cc2ccccc2)n(Cc2ccccc2)c1=O. The van der Waals surface area contributed by atoms with Crippen molar-refractivity contribution in [3.05, 3.63) is 99.0 Å². The smallest absolute Gasteiger partial charge is 0.333 e. The topological polar surface area (TPSA) is 82.1 Å². The highest BCUT2D eigenvalue weighted by Gasteiger charge is 2.19. The van der Waals surface area contributed by atoms with Gasteiger partial charge in [0.05, 0.1) is 18.5 Å². The van der Waals surface area contributed by atoms with Crippen molar-refractivity contribution in [2.45, 2.75) is 58.3 Å². The number of imidazole rings is 1. The van der Waals surface area contributed by atoms with Crippen molar-refractivity contribution in [3.63, 3.8) is 0 Å². The van der Waals surface area contributed by atoms with Gasteiger partial charge < -0.3 is 9.67 Å². The Labute approximate surface area is 192 Å². The molecule has 4 aromatic rings. The van der Waals surface area contributed by atoms with E-state index < -0.39 is 5.60 Å². The lowest BCUT2D eigenvalue weighted by Gasteiger charge is -2.17. The van der Waals surface area contributed by atoms with Crippen molar-refractivity contribution >= 4 is 11.2 Å². The molecule has 2 heterocycles. The summed E-state index contributed by atoms with van der Waals surface area (Å²) in [6.07, 6.45) is 3.59. The fourth-order valence-electron chi connectivity index (χ4n) is 4.07. The van der Waals surface area contributed by atoms with Crippen LogP contribution >= 0.6 is 0 Å². The van der Waals surface area contributed by atoms with Gasteiger partial charge in [-0.05, 0) is 44.2 Å². The molecule has 0 fully saturated rings. The van der Waals surface area contributed by atoms with Gasteiger partial charge in [0, 0.05) is 13.1 Å². The minimum absolute atomic E-state index is 0.301. The summed E-state index contributed by atoms with van der Waals surface area (Å²) in [5.74, 6) is 0. The average Bonchev–Trinajstić information content (AvgIpc) is 3.20. The molecular formula is C26H30N4O3. The van der Waals surface area contributed by atoms with Crippen LogP contribution in [0.5, 0.6) is 0 Å². The molecule has 0 atom stereocenters. The van der Waals surface area contributed by atoms with Gasteiger partial charge in [0.25, 0.3) is 5.56 Å². The van der Waals surface area contributed by atoms with E-state index in [0.29, 0.717) is 43.6 Å². The number of hydrogen-bond acceptors (Lipinski definition) is 4. The standard InChI is InChI=1S/C26H30N4O3/c1-26(2,33)15-9-10-16-29-24(31)22-23(27-19-28(22)17-20-11-5-3-6-12-20)30(25(29)32)18-21-13-7-4-8-14-21/h3-8,11-14,19,33H,9-10,15-18H2,1-2H3. The zero-order valence-corrected chi connectivity index (χ0v) is 19.1. The van der Waals surface area contributed by atoms with Gasteiger partial charge >= 0.3 is 5.69 Å². The van der Waals surface area contributed by atoms with E-state index in [-0.39, 0.29) is 11.2 Å². The van der Waals surface area contributed by atoms with E-state index in [1.807, 2.05) is 65.2 Å². The van der Waals surface area contributed by atoms with Gasteiger partial charge in [-0.25, -0.2) is 9.78 Å². The number of hydrogen-bond donors (Lipinski definition) is 1. The summed E-state index contributed by atoms with van der Waals surface area (Å²) in [5.41, 5.74) is 1.39. The first-order chi connectivity index (χ1) is 15.8. The van der Waals surface area contributed by atoms with Crippen molar-refractivity contribution in [3.8, 4) is 0 Å². The number of aliphatic hydroxyl groups is 1. The fourth-order valence-corrected chi connectivity index (χ4v) is 4.07. The zero-order chi connectivity index (χ0) is 23.4. The molecule has 1 N–H and O–H groups in total. The molecule has 2 aromatic carbocycles. The van der Waals surface area contributed by atoms with Crippen LogP contribution in [0, 0.1) is 0 Å². The number of unbranched alkanes of at least 4 members (excludes halogenated alkanes) is 1. The highest BCUT2D eigenvalue weighted by Crippen LogP contribution is 2.14. The summed E-state index contributed by atoms with van der Waals surface area (Å²) in [7, 11) is 0. The third-order valence-electron chi connectivity index (χ3n) is 5.78. The van der Waals surface area contributed by atoms with E-state index in [0.717, 1.165) is 17.5 Å². The Bertz CT molecular complexity index is 1330. The fraction of sp³-hybridized carbons (Fsp3) is 0.346. The maximum atomic E-state index is 13.5. The maximum Gasteiger partial charge on any atom is 0.333 e. The predicted octanol–water partition coefficient (Wildman–Crippen LogP) is 3.40. The summed E-state index contributed by atoms with van der Waals surface area (Å²) < 4.78 is 4.73.